The summed E-state index contributed by atoms with van der Waals surface area (Å²) in [6, 6.07) is 5.55. The van der Waals surface area contributed by atoms with Gasteiger partial charge in [-0.15, -0.1) is 0 Å². The summed E-state index contributed by atoms with van der Waals surface area (Å²) in [6.07, 6.45) is 1.94. The highest BCUT2D eigenvalue weighted by molar-refractivity contribution is 9.10. The van der Waals surface area contributed by atoms with Crippen molar-refractivity contribution in [1.82, 2.24) is 10.6 Å². The predicted molar refractivity (Wildman–Crippen MR) is 72.5 cm³/mol. The Kier molecular flexibility index (Phi) is 4.42. The van der Waals surface area contributed by atoms with E-state index in [4.69, 9.17) is 11.6 Å². The topological polar surface area (TPSA) is 41.1 Å². The van der Waals surface area contributed by atoms with Crippen molar-refractivity contribution in [1.29, 1.82) is 0 Å². The first kappa shape index (κ1) is 12.9. The van der Waals surface area contributed by atoms with E-state index in [1.807, 2.05) is 6.07 Å². The molecule has 92 valence electrons. The molecule has 1 aliphatic rings. The van der Waals surface area contributed by atoms with Gasteiger partial charge in [-0.1, -0.05) is 27.5 Å². The summed E-state index contributed by atoms with van der Waals surface area (Å²) in [7, 11) is 0. The number of rotatable bonds is 2. The minimum atomic E-state index is -0.0943. The molecule has 1 aliphatic heterocycles. The molecule has 0 aromatic heterocycles. The molecule has 0 unspecified atom stereocenters. The van der Waals surface area contributed by atoms with Gasteiger partial charge in [-0.2, -0.15) is 0 Å². The minimum absolute atomic E-state index is 0.0943. The standard InChI is InChI=1S/C12H14BrClN2O/c13-8-1-2-11(14)10(7-8)12(17)16-9-3-5-15-6-4-9/h1-2,7,9,15H,3-6H2,(H,16,17). The van der Waals surface area contributed by atoms with E-state index < -0.39 is 0 Å². The van der Waals surface area contributed by atoms with Crippen molar-refractivity contribution >= 4 is 33.4 Å². The molecule has 1 aromatic rings. The highest BCUT2D eigenvalue weighted by Crippen LogP contribution is 2.21. The first-order chi connectivity index (χ1) is 8.16. The van der Waals surface area contributed by atoms with Crippen LogP contribution in [-0.4, -0.2) is 25.0 Å². The number of halogens is 2. The van der Waals surface area contributed by atoms with E-state index in [0.29, 0.717) is 10.6 Å². The van der Waals surface area contributed by atoms with Crippen LogP contribution in [0.2, 0.25) is 5.02 Å². The molecule has 0 aliphatic carbocycles. The van der Waals surface area contributed by atoms with Crippen LogP contribution in [-0.2, 0) is 0 Å². The molecule has 2 N–H and O–H groups in total. The molecule has 0 bridgehead atoms. The van der Waals surface area contributed by atoms with E-state index in [1.54, 1.807) is 12.1 Å². The Morgan fingerprint density at radius 3 is 2.82 bits per heavy atom. The molecule has 0 radical (unpaired) electrons. The minimum Gasteiger partial charge on any atom is -0.349 e. The maximum absolute atomic E-state index is 12.0. The largest absolute Gasteiger partial charge is 0.349 e. The molecule has 2 rings (SSSR count). The molecule has 3 nitrogen and oxygen atoms in total. The first-order valence-electron chi connectivity index (χ1n) is 5.63. The van der Waals surface area contributed by atoms with Crippen molar-refractivity contribution < 1.29 is 4.79 Å². The van der Waals surface area contributed by atoms with Crippen LogP contribution in [0.4, 0.5) is 0 Å². The third-order valence-electron chi connectivity index (χ3n) is 2.85. The number of benzene rings is 1. The van der Waals surface area contributed by atoms with Gasteiger partial charge in [0.25, 0.3) is 5.91 Å². The smallest absolute Gasteiger partial charge is 0.253 e. The van der Waals surface area contributed by atoms with Crippen LogP contribution in [0.1, 0.15) is 23.2 Å². The van der Waals surface area contributed by atoms with Crippen molar-refractivity contribution in [3.05, 3.63) is 33.3 Å². The second-order valence-electron chi connectivity index (χ2n) is 4.12. The fourth-order valence-electron chi connectivity index (χ4n) is 1.90. The average Bonchev–Trinajstić information content (AvgIpc) is 2.33. The van der Waals surface area contributed by atoms with Crippen molar-refractivity contribution in [2.45, 2.75) is 18.9 Å². The highest BCUT2D eigenvalue weighted by Gasteiger charge is 2.18. The van der Waals surface area contributed by atoms with Gasteiger partial charge >= 0.3 is 0 Å². The summed E-state index contributed by atoms with van der Waals surface area (Å²) in [6.45, 7) is 1.91. The van der Waals surface area contributed by atoms with E-state index in [-0.39, 0.29) is 11.9 Å². The third-order valence-corrected chi connectivity index (χ3v) is 3.67. The van der Waals surface area contributed by atoms with E-state index in [2.05, 4.69) is 26.6 Å². The molecule has 1 fully saturated rings. The van der Waals surface area contributed by atoms with Gasteiger partial charge in [0.05, 0.1) is 10.6 Å². The van der Waals surface area contributed by atoms with Gasteiger partial charge < -0.3 is 10.6 Å². The number of carbonyl (C=O) groups is 1. The van der Waals surface area contributed by atoms with E-state index in [9.17, 15) is 4.79 Å². The van der Waals surface area contributed by atoms with Crippen LogP contribution in [0.3, 0.4) is 0 Å². The summed E-state index contributed by atoms with van der Waals surface area (Å²) in [4.78, 5) is 12.0. The fourth-order valence-corrected chi connectivity index (χ4v) is 2.47. The molecular formula is C12H14BrClN2O. The first-order valence-corrected chi connectivity index (χ1v) is 6.80. The van der Waals surface area contributed by atoms with Gasteiger partial charge in [0.2, 0.25) is 0 Å². The van der Waals surface area contributed by atoms with Crippen LogP contribution in [0.5, 0.6) is 0 Å². The third kappa shape index (κ3) is 3.44. The summed E-state index contributed by atoms with van der Waals surface area (Å²) < 4.78 is 0.859. The zero-order chi connectivity index (χ0) is 12.3. The molecule has 0 spiro atoms. The number of amides is 1. The van der Waals surface area contributed by atoms with Crippen molar-refractivity contribution in [3.63, 3.8) is 0 Å². The Bertz CT molecular complexity index is 419. The molecular weight excluding hydrogens is 304 g/mol. The maximum atomic E-state index is 12.0. The van der Waals surface area contributed by atoms with E-state index in [1.165, 1.54) is 0 Å². The Morgan fingerprint density at radius 2 is 2.12 bits per heavy atom. The van der Waals surface area contributed by atoms with Crippen LogP contribution >= 0.6 is 27.5 Å². The summed E-state index contributed by atoms with van der Waals surface area (Å²) in [5.41, 5.74) is 0.527. The van der Waals surface area contributed by atoms with Crippen LogP contribution < -0.4 is 10.6 Å². The zero-order valence-corrected chi connectivity index (χ0v) is 11.6. The highest BCUT2D eigenvalue weighted by atomic mass is 79.9. The van der Waals surface area contributed by atoms with Gasteiger partial charge in [0.1, 0.15) is 0 Å². The second-order valence-corrected chi connectivity index (χ2v) is 5.44. The molecule has 1 heterocycles. The van der Waals surface area contributed by atoms with Gasteiger partial charge in [-0.3, -0.25) is 4.79 Å². The monoisotopic (exact) mass is 316 g/mol. The molecule has 0 atom stereocenters. The lowest BCUT2D eigenvalue weighted by atomic mass is 10.1. The Morgan fingerprint density at radius 1 is 1.41 bits per heavy atom. The number of hydrogen-bond donors (Lipinski definition) is 2. The fraction of sp³-hybridized carbons (Fsp3) is 0.417. The normalized spacial score (nSPS) is 16.8. The lowest BCUT2D eigenvalue weighted by Gasteiger charge is -2.23. The van der Waals surface area contributed by atoms with Gasteiger partial charge in [0.15, 0.2) is 0 Å². The Labute approximate surface area is 114 Å². The molecule has 5 heteroatoms. The van der Waals surface area contributed by atoms with Crippen LogP contribution in [0.15, 0.2) is 22.7 Å². The molecule has 1 saturated heterocycles. The number of carbonyl (C=O) groups excluding carboxylic acids is 1. The number of piperidine rings is 1. The lowest BCUT2D eigenvalue weighted by molar-refractivity contribution is 0.0929. The molecule has 0 saturated carbocycles. The van der Waals surface area contributed by atoms with Crippen molar-refractivity contribution in [2.24, 2.45) is 0 Å². The van der Waals surface area contributed by atoms with Gasteiger partial charge in [-0.05, 0) is 44.1 Å². The van der Waals surface area contributed by atoms with E-state index in [0.717, 1.165) is 30.4 Å². The second kappa shape index (κ2) is 5.85. The summed E-state index contributed by atoms with van der Waals surface area (Å²) in [5.74, 6) is -0.0943. The number of hydrogen-bond acceptors (Lipinski definition) is 2. The summed E-state index contributed by atoms with van der Waals surface area (Å²) in [5, 5.41) is 6.77. The average molecular weight is 318 g/mol. The van der Waals surface area contributed by atoms with Crippen LogP contribution in [0.25, 0.3) is 0 Å². The summed E-state index contributed by atoms with van der Waals surface area (Å²) >= 11 is 9.36. The molecule has 17 heavy (non-hydrogen) atoms. The SMILES string of the molecule is O=C(NC1CCNCC1)c1cc(Br)ccc1Cl. The quantitative estimate of drug-likeness (QED) is 0.880. The van der Waals surface area contributed by atoms with Crippen LogP contribution in [0, 0.1) is 0 Å². The van der Waals surface area contributed by atoms with Gasteiger partial charge in [0, 0.05) is 10.5 Å². The van der Waals surface area contributed by atoms with Gasteiger partial charge in [-0.25, -0.2) is 0 Å². The Hall–Kier alpha value is -0.580. The lowest BCUT2D eigenvalue weighted by Crippen LogP contribution is -2.42. The molecule has 1 amide bonds. The maximum Gasteiger partial charge on any atom is 0.253 e. The zero-order valence-electron chi connectivity index (χ0n) is 9.30. The Balaban J connectivity index is 2.05. The van der Waals surface area contributed by atoms with Crippen molar-refractivity contribution in [2.75, 3.05) is 13.1 Å². The molecule has 1 aromatic carbocycles. The van der Waals surface area contributed by atoms with Crippen molar-refractivity contribution in [3.8, 4) is 0 Å². The number of nitrogens with one attached hydrogen (secondary N) is 2. The van der Waals surface area contributed by atoms with E-state index >= 15 is 0 Å². The predicted octanol–water partition coefficient (Wildman–Crippen LogP) is 2.58.